The van der Waals surface area contributed by atoms with Crippen LogP contribution in [0.5, 0.6) is 5.88 Å². The first kappa shape index (κ1) is 39.2. The number of nitrogens with zero attached hydrogens (tertiary/aromatic N) is 8. The van der Waals surface area contributed by atoms with Crippen LogP contribution in [-0.4, -0.2) is 69.9 Å². The number of carbonyl (C=O) groups excluding carboxylic acids is 2. The third-order valence-corrected chi connectivity index (χ3v) is 11.0. The Morgan fingerprint density at radius 1 is 0.667 bits per heavy atom. The SMILES string of the molecule is CCn1c(SCC(=O)Nc2ccccc2)nnc1-c1ccnc(-c2cccc(-c3ccc(NC(=O)CSc4nnc(-c5cc(OC)ncc5Cl)n4CC)cc3)c2)c1. The molecule has 0 saturated heterocycles. The second-order valence-corrected chi connectivity index (χ2v) is 14.7. The van der Waals surface area contributed by atoms with E-state index in [0.717, 1.165) is 33.6 Å². The lowest BCUT2D eigenvalue weighted by atomic mass is 10.0. The number of hydrogen-bond acceptors (Lipinski definition) is 11. The van der Waals surface area contributed by atoms with Crippen LogP contribution in [0.25, 0.3) is 45.2 Å². The van der Waals surface area contributed by atoms with Gasteiger partial charge in [0.2, 0.25) is 17.7 Å². The van der Waals surface area contributed by atoms with Gasteiger partial charge in [-0.25, -0.2) is 4.98 Å². The molecule has 288 valence electrons. The zero-order valence-corrected chi connectivity index (χ0v) is 33.6. The summed E-state index contributed by atoms with van der Waals surface area (Å²) in [6.45, 7) is 5.22. The lowest BCUT2D eigenvalue weighted by Crippen LogP contribution is -2.14. The van der Waals surface area contributed by atoms with Crippen molar-refractivity contribution in [2.45, 2.75) is 37.2 Å². The molecule has 0 saturated carbocycles. The molecule has 16 heteroatoms. The Morgan fingerprint density at radius 3 is 1.96 bits per heavy atom. The van der Waals surface area contributed by atoms with E-state index in [2.05, 4.69) is 47.1 Å². The average molecular weight is 817 g/mol. The summed E-state index contributed by atoms with van der Waals surface area (Å²) in [7, 11) is 1.54. The number of pyridine rings is 2. The molecular formula is C41H37ClN10O3S2. The van der Waals surface area contributed by atoms with Crippen molar-refractivity contribution in [1.82, 2.24) is 39.5 Å². The summed E-state index contributed by atoms with van der Waals surface area (Å²) in [5.74, 6) is 1.75. The summed E-state index contributed by atoms with van der Waals surface area (Å²) in [4.78, 5) is 34.3. The molecule has 7 aromatic rings. The average Bonchev–Trinajstić information content (AvgIpc) is 3.86. The summed E-state index contributed by atoms with van der Waals surface area (Å²) in [6.07, 6.45) is 3.28. The molecule has 3 aromatic carbocycles. The van der Waals surface area contributed by atoms with Gasteiger partial charge in [-0.05, 0) is 67.4 Å². The first-order valence-electron chi connectivity index (χ1n) is 18.0. The van der Waals surface area contributed by atoms with Crippen LogP contribution in [0.1, 0.15) is 13.8 Å². The van der Waals surface area contributed by atoms with E-state index in [1.807, 2.05) is 108 Å². The molecule has 0 unspecified atom stereocenters. The Morgan fingerprint density at radius 2 is 1.30 bits per heavy atom. The fourth-order valence-electron chi connectivity index (χ4n) is 5.98. The number of benzene rings is 3. The van der Waals surface area contributed by atoms with Gasteiger partial charge in [-0.3, -0.25) is 14.6 Å². The molecule has 0 atom stereocenters. The molecule has 13 nitrogen and oxygen atoms in total. The molecule has 0 fully saturated rings. The molecule has 0 spiro atoms. The van der Waals surface area contributed by atoms with Gasteiger partial charge in [-0.1, -0.05) is 83.7 Å². The van der Waals surface area contributed by atoms with Crippen molar-refractivity contribution in [3.05, 3.63) is 114 Å². The maximum absolute atomic E-state index is 13.0. The Balaban J connectivity index is 0.983. The Kier molecular flexibility index (Phi) is 12.6. The Bertz CT molecular complexity index is 2510. The number of anilines is 2. The van der Waals surface area contributed by atoms with E-state index in [1.54, 1.807) is 12.3 Å². The van der Waals surface area contributed by atoms with Crippen molar-refractivity contribution in [1.29, 1.82) is 0 Å². The number of amides is 2. The van der Waals surface area contributed by atoms with Gasteiger partial charge >= 0.3 is 0 Å². The largest absolute Gasteiger partial charge is 0.481 e. The third-order valence-electron chi connectivity index (χ3n) is 8.75. The molecule has 2 N–H and O–H groups in total. The van der Waals surface area contributed by atoms with Gasteiger partial charge in [0.15, 0.2) is 22.0 Å². The summed E-state index contributed by atoms with van der Waals surface area (Å²) in [6, 6.07) is 30.8. The molecule has 0 radical (unpaired) electrons. The normalized spacial score (nSPS) is 11.0. The maximum Gasteiger partial charge on any atom is 0.234 e. The summed E-state index contributed by atoms with van der Waals surface area (Å²) in [5, 5.41) is 25.1. The van der Waals surface area contributed by atoms with Crippen molar-refractivity contribution in [2.24, 2.45) is 0 Å². The van der Waals surface area contributed by atoms with Crippen molar-refractivity contribution in [2.75, 3.05) is 29.2 Å². The zero-order valence-electron chi connectivity index (χ0n) is 31.2. The minimum absolute atomic E-state index is 0.113. The molecule has 2 amide bonds. The lowest BCUT2D eigenvalue weighted by molar-refractivity contribution is -0.114. The fourth-order valence-corrected chi connectivity index (χ4v) is 7.78. The molecule has 0 bridgehead atoms. The van der Waals surface area contributed by atoms with Crippen LogP contribution in [0.15, 0.2) is 120 Å². The van der Waals surface area contributed by atoms with Crippen molar-refractivity contribution in [3.8, 4) is 51.0 Å². The highest BCUT2D eigenvalue weighted by molar-refractivity contribution is 8.00. The van der Waals surface area contributed by atoms with E-state index in [-0.39, 0.29) is 23.3 Å². The van der Waals surface area contributed by atoms with Crippen LogP contribution in [0.4, 0.5) is 11.4 Å². The monoisotopic (exact) mass is 816 g/mol. The van der Waals surface area contributed by atoms with E-state index < -0.39 is 0 Å². The minimum Gasteiger partial charge on any atom is -0.481 e. The number of hydrogen-bond donors (Lipinski definition) is 2. The number of ether oxygens (including phenoxy) is 1. The second-order valence-electron chi connectivity index (χ2n) is 12.4. The number of nitrogens with one attached hydrogen (secondary N) is 2. The van der Waals surface area contributed by atoms with Gasteiger partial charge in [-0.15, -0.1) is 20.4 Å². The van der Waals surface area contributed by atoms with Crippen LogP contribution in [0, 0.1) is 0 Å². The van der Waals surface area contributed by atoms with Crippen LogP contribution in [-0.2, 0) is 22.7 Å². The van der Waals surface area contributed by atoms with E-state index in [4.69, 9.17) is 16.3 Å². The summed E-state index contributed by atoms with van der Waals surface area (Å²) < 4.78 is 9.15. The summed E-state index contributed by atoms with van der Waals surface area (Å²) >= 11 is 9.05. The van der Waals surface area contributed by atoms with E-state index in [1.165, 1.54) is 36.8 Å². The number of halogens is 1. The fraction of sp³-hybridized carbons (Fsp3) is 0.171. The molecule has 57 heavy (non-hydrogen) atoms. The Labute approximate surface area is 342 Å². The van der Waals surface area contributed by atoms with E-state index in [0.29, 0.717) is 57.2 Å². The number of carbonyl (C=O) groups is 2. The maximum atomic E-state index is 13.0. The highest BCUT2D eigenvalue weighted by Crippen LogP contribution is 2.32. The highest BCUT2D eigenvalue weighted by Gasteiger charge is 2.19. The second kappa shape index (κ2) is 18.3. The van der Waals surface area contributed by atoms with Gasteiger partial charge < -0.3 is 24.5 Å². The number of aromatic nitrogens is 8. The van der Waals surface area contributed by atoms with Crippen LogP contribution < -0.4 is 15.4 Å². The van der Waals surface area contributed by atoms with Gasteiger partial charge in [0.1, 0.15) is 0 Å². The van der Waals surface area contributed by atoms with Crippen molar-refractivity contribution in [3.63, 3.8) is 0 Å². The van der Waals surface area contributed by atoms with E-state index >= 15 is 0 Å². The Hall–Kier alpha value is -6.03. The summed E-state index contributed by atoms with van der Waals surface area (Å²) in [5.41, 5.74) is 6.65. The molecule has 0 aliphatic rings. The van der Waals surface area contributed by atoms with Crippen molar-refractivity contribution < 1.29 is 14.3 Å². The molecule has 0 aliphatic heterocycles. The van der Waals surface area contributed by atoms with Crippen molar-refractivity contribution >= 4 is 58.3 Å². The molecule has 7 rings (SSSR count). The zero-order chi connectivity index (χ0) is 39.7. The first-order valence-corrected chi connectivity index (χ1v) is 20.3. The number of methoxy groups -OCH3 is 1. The number of para-hydroxylation sites is 1. The van der Waals surface area contributed by atoms with Crippen LogP contribution in [0.2, 0.25) is 5.02 Å². The molecule has 0 aliphatic carbocycles. The van der Waals surface area contributed by atoms with Crippen LogP contribution >= 0.6 is 35.1 Å². The number of thioether (sulfide) groups is 2. The predicted octanol–water partition coefficient (Wildman–Crippen LogP) is 8.49. The number of rotatable bonds is 15. The molecular weight excluding hydrogens is 780 g/mol. The minimum atomic E-state index is -0.172. The molecule has 4 aromatic heterocycles. The van der Waals surface area contributed by atoms with Crippen LogP contribution in [0.3, 0.4) is 0 Å². The smallest absolute Gasteiger partial charge is 0.234 e. The third kappa shape index (κ3) is 9.34. The lowest BCUT2D eigenvalue weighted by Gasteiger charge is -2.10. The van der Waals surface area contributed by atoms with Gasteiger partial charge in [-0.2, -0.15) is 0 Å². The molecule has 4 heterocycles. The highest BCUT2D eigenvalue weighted by atomic mass is 35.5. The van der Waals surface area contributed by atoms with Gasteiger partial charge in [0.25, 0.3) is 0 Å². The first-order chi connectivity index (χ1) is 27.8. The van der Waals surface area contributed by atoms with Gasteiger partial charge in [0, 0.05) is 53.4 Å². The quantitative estimate of drug-likeness (QED) is 0.0958. The van der Waals surface area contributed by atoms with Gasteiger partial charge in [0.05, 0.1) is 35.5 Å². The standard InChI is InChI=1S/C41H37ClN10O3S2/c1-4-51-38(47-49-40(51)56-24-35(53)45-30-12-7-6-8-13-30)29-18-19-43-34(21-29)28-11-9-10-27(20-28)26-14-16-31(17-15-26)46-36(54)25-57-41-50-48-39(52(41)5-2)32-22-37(55-3)44-23-33(32)42/h6-23H,4-5,24-25H2,1-3H3,(H,45,53)(H,46,54). The topological polar surface area (TPSA) is 155 Å². The van der Waals surface area contributed by atoms with E-state index in [9.17, 15) is 9.59 Å². The predicted molar refractivity (Wildman–Crippen MR) is 225 cm³/mol.